The number of likely N-dealkylation sites (N-methyl/N-ethyl adjacent to an activating group) is 1. The fraction of sp³-hybridized carbons (Fsp3) is 0.500. The molecule has 6 heteroatoms. The summed E-state index contributed by atoms with van der Waals surface area (Å²) in [6, 6.07) is 10.1. The summed E-state index contributed by atoms with van der Waals surface area (Å²) in [6.07, 6.45) is 6.10. The van der Waals surface area contributed by atoms with E-state index in [0.29, 0.717) is 11.7 Å². The van der Waals surface area contributed by atoms with Crippen molar-refractivity contribution in [3.8, 4) is 0 Å². The van der Waals surface area contributed by atoms with Crippen LogP contribution in [0.25, 0.3) is 0 Å². The monoisotopic (exact) mass is 372 g/mol. The van der Waals surface area contributed by atoms with Crippen molar-refractivity contribution < 1.29 is 4.79 Å². The minimum Gasteiger partial charge on any atom is -0.341 e. The van der Waals surface area contributed by atoms with Crippen LogP contribution in [-0.2, 0) is 11.3 Å². The first-order valence-corrected chi connectivity index (χ1v) is 10.2. The van der Waals surface area contributed by atoms with Gasteiger partial charge in [0.25, 0.3) is 0 Å². The molecule has 1 aromatic heterocycles. The Kier molecular flexibility index (Phi) is 6.74. The number of hydrogen-bond acceptors (Lipinski definition) is 4. The fourth-order valence-electron chi connectivity index (χ4n) is 3.34. The van der Waals surface area contributed by atoms with E-state index < -0.39 is 0 Å². The molecule has 1 aliphatic rings. The van der Waals surface area contributed by atoms with Crippen molar-refractivity contribution in [1.82, 2.24) is 19.4 Å². The van der Waals surface area contributed by atoms with Gasteiger partial charge in [-0.1, -0.05) is 18.2 Å². The highest BCUT2D eigenvalue weighted by Gasteiger charge is 2.27. The molecule has 3 rings (SSSR count). The molecule has 0 spiro atoms. The smallest absolute Gasteiger partial charge is 0.232 e. The van der Waals surface area contributed by atoms with Crippen LogP contribution >= 0.6 is 11.8 Å². The van der Waals surface area contributed by atoms with Crippen molar-refractivity contribution in [1.29, 1.82) is 0 Å². The van der Waals surface area contributed by atoms with E-state index in [1.54, 1.807) is 11.8 Å². The lowest BCUT2D eigenvalue weighted by atomic mass is 9.97. The molecule has 2 aromatic rings. The van der Waals surface area contributed by atoms with Crippen LogP contribution in [0.4, 0.5) is 0 Å². The van der Waals surface area contributed by atoms with Gasteiger partial charge in [-0.25, -0.2) is 4.98 Å². The number of nitrogens with zero attached hydrogens (tertiary/aromatic N) is 4. The van der Waals surface area contributed by atoms with Gasteiger partial charge in [-0.15, -0.1) is 11.8 Å². The van der Waals surface area contributed by atoms with Crippen LogP contribution in [0.1, 0.15) is 24.6 Å². The molecule has 5 nitrogen and oxygen atoms in total. The summed E-state index contributed by atoms with van der Waals surface area (Å²) in [7, 11) is 4.17. The van der Waals surface area contributed by atoms with E-state index in [9.17, 15) is 4.79 Å². The molecule has 0 aliphatic carbocycles. The summed E-state index contributed by atoms with van der Waals surface area (Å²) in [5, 5.41) is 0. The Bertz CT molecular complexity index is 701. The number of amides is 1. The Hall–Kier alpha value is -1.79. The Morgan fingerprint density at radius 2 is 2.12 bits per heavy atom. The predicted molar refractivity (Wildman–Crippen MR) is 107 cm³/mol. The van der Waals surface area contributed by atoms with Crippen molar-refractivity contribution in [3.63, 3.8) is 0 Å². The topological polar surface area (TPSA) is 41.4 Å². The molecule has 0 saturated carbocycles. The molecule has 0 unspecified atom stereocenters. The zero-order valence-corrected chi connectivity index (χ0v) is 16.5. The van der Waals surface area contributed by atoms with Crippen LogP contribution in [0, 0.1) is 0 Å². The summed E-state index contributed by atoms with van der Waals surface area (Å²) in [6.45, 7) is 3.58. The Labute approximate surface area is 160 Å². The number of imidazole rings is 1. The molecule has 1 saturated heterocycles. The SMILES string of the molecule is CN(C)CCn1ccnc1[C@H]1CCCN(C(=O)CSc2ccccc2)C1. The van der Waals surface area contributed by atoms with Crippen LogP contribution in [0.3, 0.4) is 0 Å². The Balaban J connectivity index is 1.57. The van der Waals surface area contributed by atoms with Crippen molar-refractivity contribution in [2.45, 2.75) is 30.2 Å². The van der Waals surface area contributed by atoms with E-state index in [-0.39, 0.29) is 5.91 Å². The van der Waals surface area contributed by atoms with Gasteiger partial charge in [0, 0.05) is 49.4 Å². The second kappa shape index (κ2) is 9.24. The average molecular weight is 373 g/mol. The van der Waals surface area contributed by atoms with Crippen LogP contribution < -0.4 is 0 Å². The molecule has 0 radical (unpaired) electrons. The number of carbonyl (C=O) groups excluding carboxylic acids is 1. The maximum Gasteiger partial charge on any atom is 0.232 e. The van der Waals surface area contributed by atoms with E-state index in [2.05, 4.69) is 46.9 Å². The highest BCUT2D eigenvalue weighted by atomic mass is 32.2. The van der Waals surface area contributed by atoms with Gasteiger partial charge in [-0.3, -0.25) is 4.79 Å². The summed E-state index contributed by atoms with van der Waals surface area (Å²) in [5.74, 6) is 2.20. The number of hydrogen-bond donors (Lipinski definition) is 0. The zero-order valence-electron chi connectivity index (χ0n) is 15.7. The number of benzene rings is 1. The molecule has 1 aliphatic heterocycles. The number of piperidine rings is 1. The highest BCUT2D eigenvalue weighted by molar-refractivity contribution is 8.00. The van der Waals surface area contributed by atoms with Crippen molar-refractivity contribution >= 4 is 17.7 Å². The third-order valence-corrected chi connectivity index (χ3v) is 5.78. The first-order chi connectivity index (χ1) is 12.6. The zero-order chi connectivity index (χ0) is 18.4. The first kappa shape index (κ1) is 19.0. The minimum atomic E-state index is 0.231. The largest absolute Gasteiger partial charge is 0.341 e. The van der Waals surface area contributed by atoms with Gasteiger partial charge in [-0.2, -0.15) is 0 Å². The van der Waals surface area contributed by atoms with Crippen LogP contribution in [-0.4, -0.2) is 64.7 Å². The number of aromatic nitrogens is 2. The van der Waals surface area contributed by atoms with Crippen LogP contribution in [0.15, 0.2) is 47.6 Å². The second-order valence-electron chi connectivity index (χ2n) is 7.06. The van der Waals surface area contributed by atoms with Crippen molar-refractivity contribution in [3.05, 3.63) is 48.5 Å². The van der Waals surface area contributed by atoms with E-state index >= 15 is 0 Å². The number of thioether (sulfide) groups is 1. The standard InChI is InChI=1S/C20H28N4OS/c1-22(2)13-14-23-12-10-21-20(23)17-7-6-11-24(15-17)19(25)16-26-18-8-4-3-5-9-18/h3-5,8-10,12,17H,6-7,11,13-16H2,1-2H3/t17-/m0/s1. The summed E-state index contributed by atoms with van der Waals surface area (Å²) in [5.41, 5.74) is 0. The van der Waals surface area contributed by atoms with E-state index in [0.717, 1.165) is 49.7 Å². The maximum atomic E-state index is 12.7. The van der Waals surface area contributed by atoms with Gasteiger partial charge >= 0.3 is 0 Å². The molecule has 2 heterocycles. The van der Waals surface area contributed by atoms with Gasteiger partial charge < -0.3 is 14.4 Å². The van der Waals surface area contributed by atoms with Crippen LogP contribution in [0.2, 0.25) is 0 Å². The van der Waals surface area contributed by atoms with E-state index in [1.165, 1.54) is 0 Å². The van der Waals surface area contributed by atoms with Gasteiger partial charge in [0.05, 0.1) is 5.75 Å². The van der Waals surface area contributed by atoms with Gasteiger partial charge in [0.2, 0.25) is 5.91 Å². The number of carbonyl (C=O) groups is 1. The average Bonchev–Trinajstić information content (AvgIpc) is 3.14. The lowest BCUT2D eigenvalue weighted by Crippen LogP contribution is -2.40. The predicted octanol–water partition coefficient (Wildman–Crippen LogP) is 2.94. The lowest BCUT2D eigenvalue weighted by Gasteiger charge is -2.32. The molecule has 1 atom stereocenters. The molecular formula is C20H28N4OS. The lowest BCUT2D eigenvalue weighted by molar-refractivity contribution is -0.129. The normalized spacial score (nSPS) is 17.7. The van der Waals surface area contributed by atoms with Crippen LogP contribution in [0.5, 0.6) is 0 Å². The van der Waals surface area contributed by atoms with Crippen molar-refractivity contribution in [2.24, 2.45) is 0 Å². The van der Waals surface area contributed by atoms with Crippen molar-refractivity contribution in [2.75, 3.05) is 39.5 Å². The molecule has 1 fully saturated rings. The van der Waals surface area contributed by atoms with E-state index in [4.69, 9.17) is 0 Å². The molecular weight excluding hydrogens is 344 g/mol. The highest BCUT2D eigenvalue weighted by Crippen LogP contribution is 2.27. The molecule has 140 valence electrons. The number of likely N-dealkylation sites (tertiary alicyclic amines) is 1. The maximum absolute atomic E-state index is 12.7. The Morgan fingerprint density at radius 3 is 2.88 bits per heavy atom. The summed E-state index contributed by atoms with van der Waals surface area (Å²) >= 11 is 1.62. The molecule has 1 aromatic carbocycles. The second-order valence-corrected chi connectivity index (χ2v) is 8.11. The first-order valence-electron chi connectivity index (χ1n) is 9.25. The molecule has 0 N–H and O–H groups in total. The Morgan fingerprint density at radius 1 is 1.31 bits per heavy atom. The minimum absolute atomic E-state index is 0.231. The van der Waals surface area contributed by atoms with E-state index in [1.807, 2.05) is 29.3 Å². The summed E-state index contributed by atoms with van der Waals surface area (Å²) in [4.78, 5) is 22.6. The summed E-state index contributed by atoms with van der Waals surface area (Å²) < 4.78 is 2.25. The quantitative estimate of drug-likeness (QED) is 0.701. The van der Waals surface area contributed by atoms with Gasteiger partial charge in [0.15, 0.2) is 0 Å². The van der Waals surface area contributed by atoms with Gasteiger partial charge in [-0.05, 0) is 39.1 Å². The third kappa shape index (κ3) is 5.11. The number of rotatable bonds is 7. The molecule has 0 bridgehead atoms. The third-order valence-electron chi connectivity index (χ3n) is 4.78. The molecule has 1 amide bonds. The molecule has 26 heavy (non-hydrogen) atoms. The fourth-order valence-corrected chi connectivity index (χ4v) is 4.17. The van der Waals surface area contributed by atoms with Gasteiger partial charge in [0.1, 0.15) is 5.82 Å².